The molecule has 182 valence electrons. The number of amides is 1. The fourth-order valence-electron chi connectivity index (χ4n) is 3.48. The lowest BCUT2D eigenvalue weighted by atomic mass is 10.1. The number of hydrogen-bond donors (Lipinski definition) is 3. The maximum Gasteiger partial charge on any atom is 0.574 e. The van der Waals surface area contributed by atoms with E-state index in [1.54, 1.807) is 0 Å². The van der Waals surface area contributed by atoms with E-state index in [-0.39, 0.29) is 35.3 Å². The van der Waals surface area contributed by atoms with Crippen LogP contribution in [-0.4, -0.2) is 61.4 Å². The summed E-state index contributed by atoms with van der Waals surface area (Å²) in [7, 11) is 0. The molecule has 3 N–H and O–H groups in total. The first-order valence-electron chi connectivity index (χ1n) is 10.3. The van der Waals surface area contributed by atoms with Crippen molar-refractivity contribution < 1.29 is 36.6 Å². The highest BCUT2D eigenvalue weighted by Gasteiger charge is 2.44. The Morgan fingerprint density at radius 2 is 2.18 bits per heavy atom. The van der Waals surface area contributed by atoms with E-state index in [2.05, 4.69) is 35.5 Å². The molecule has 2 aliphatic rings. The summed E-state index contributed by atoms with van der Waals surface area (Å²) in [5.41, 5.74) is 0.126. The summed E-state index contributed by atoms with van der Waals surface area (Å²) in [6.07, 6.45) is -5.33. The summed E-state index contributed by atoms with van der Waals surface area (Å²) in [5, 5.41) is 12.2. The Labute approximate surface area is 188 Å². The fourth-order valence-corrected chi connectivity index (χ4v) is 3.48. The molecule has 1 aliphatic carbocycles. The zero-order valence-corrected chi connectivity index (χ0v) is 17.6. The zero-order valence-electron chi connectivity index (χ0n) is 17.6. The lowest BCUT2D eigenvalue weighted by Gasteiger charge is -2.17. The first-order chi connectivity index (χ1) is 16.1. The van der Waals surface area contributed by atoms with Crippen molar-refractivity contribution in [3.8, 4) is 5.88 Å². The SMILES string of the molecule is CC1(NC(=O)O[C@H]2CO[C@@H](c3cc(Nc4nccc5nc(OC(F)(F)F)cn45)n[nH]3)[C@@H]2F)CC1. The van der Waals surface area contributed by atoms with E-state index in [1.165, 1.54) is 22.7 Å². The lowest BCUT2D eigenvalue weighted by molar-refractivity contribution is -0.276. The van der Waals surface area contributed by atoms with Gasteiger partial charge in [0, 0.05) is 17.8 Å². The Hall–Kier alpha value is -3.62. The molecule has 15 heteroatoms. The maximum absolute atomic E-state index is 14.9. The molecule has 0 radical (unpaired) electrons. The molecule has 0 aromatic carbocycles. The Balaban J connectivity index is 1.25. The molecule has 0 spiro atoms. The van der Waals surface area contributed by atoms with Crippen LogP contribution in [0.15, 0.2) is 24.5 Å². The Kier molecular flexibility index (Phi) is 5.22. The van der Waals surface area contributed by atoms with Crippen LogP contribution in [0.25, 0.3) is 5.65 Å². The smallest absolute Gasteiger partial charge is 0.441 e. The number of H-pyrrole nitrogens is 1. The highest BCUT2D eigenvalue weighted by Crippen LogP contribution is 2.36. The van der Waals surface area contributed by atoms with E-state index in [1.807, 2.05) is 6.92 Å². The van der Waals surface area contributed by atoms with Crippen LogP contribution < -0.4 is 15.4 Å². The number of ether oxygens (including phenoxy) is 3. The number of anilines is 2. The third-order valence-corrected chi connectivity index (χ3v) is 5.47. The average Bonchev–Trinajstić information content (AvgIpc) is 3.10. The van der Waals surface area contributed by atoms with E-state index in [4.69, 9.17) is 9.47 Å². The number of nitrogens with one attached hydrogen (secondary N) is 3. The van der Waals surface area contributed by atoms with E-state index in [9.17, 15) is 22.4 Å². The highest BCUT2D eigenvalue weighted by atomic mass is 19.4. The van der Waals surface area contributed by atoms with E-state index < -0.39 is 36.7 Å². The van der Waals surface area contributed by atoms with Gasteiger partial charge in [0.25, 0.3) is 0 Å². The van der Waals surface area contributed by atoms with Crippen molar-refractivity contribution in [1.29, 1.82) is 0 Å². The summed E-state index contributed by atoms with van der Waals surface area (Å²) >= 11 is 0. The van der Waals surface area contributed by atoms with Crippen molar-refractivity contribution in [3.63, 3.8) is 0 Å². The van der Waals surface area contributed by atoms with Gasteiger partial charge in [0.05, 0.1) is 18.5 Å². The van der Waals surface area contributed by atoms with E-state index in [0.717, 1.165) is 19.0 Å². The lowest BCUT2D eigenvalue weighted by Crippen LogP contribution is -2.39. The van der Waals surface area contributed by atoms with Crippen molar-refractivity contribution in [2.75, 3.05) is 11.9 Å². The second-order valence-corrected chi connectivity index (χ2v) is 8.28. The maximum atomic E-state index is 14.9. The van der Waals surface area contributed by atoms with Gasteiger partial charge in [0.1, 0.15) is 11.8 Å². The number of fused-ring (bicyclic) bond motifs is 1. The number of halogens is 4. The summed E-state index contributed by atoms with van der Waals surface area (Å²) in [5.74, 6) is -0.367. The van der Waals surface area contributed by atoms with Crippen LogP contribution >= 0.6 is 0 Å². The van der Waals surface area contributed by atoms with Gasteiger partial charge in [0.2, 0.25) is 11.8 Å². The quantitative estimate of drug-likeness (QED) is 0.455. The summed E-state index contributed by atoms with van der Waals surface area (Å²) < 4.78 is 68.0. The third-order valence-electron chi connectivity index (χ3n) is 5.47. The molecular formula is C19H19F4N7O4. The first kappa shape index (κ1) is 22.2. The molecule has 1 saturated heterocycles. The second kappa shape index (κ2) is 8.00. The molecule has 34 heavy (non-hydrogen) atoms. The van der Waals surface area contributed by atoms with Crippen LogP contribution in [0.5, 0.6) is 5.88 Å². The molecule has 1 amide bonds. The third kappa shape index (κ3) is 4.69. The van der Waals surface area contributed by atoms with Crippen LogP contribution in [-0.2, 0) is 9.47 Å². The molecule has 0 bridgehead atoms. The average molecular weight is 485 g/mol. The van der Waals surface area contributed by atoms with Crippen molar-refractivity contribution >= 4 is 23.5 Å². The van der Waals surface area contributed by atoms with Gasteiger partial charge in [-0.2, -0.15) is 10.1 Å². The Morgan fingerprint density at radius 3 is 2.91 bits per heavy atom. The number of alkyl carbamates (subject to hydrolysis) is 1. The largest absolute Gasteiger partial charge is 0.574 e. The van der Waals surface area contributed by atoms with Gasteiger partial charge in [-0.3, -0.25) is 9.50 Å². The highest BCUT2D eigenvalue weighted by molar-refractivity contribution is 5.69. The number of nitrogens with zero attached hydrogens (tertiary/aromatic N) is 4. The molecule has 2 fully saturated rings. The van der Waals surface area contributed by atoms with E-state index >= 15 is 0 Å². The van der Waals surface area contributed by atoms with Crippen LogP contribution in [0.4, 0.5) is 34.1 Å². The molecule has 3 aromatic heterocycles. The number of imidazole rings is 1. The summed E-state index contributed by atoms with van der Waals surface area (Å²) in [6, 6.07) is 2.85. The Morgan fingerprint density at radius 1 is 1.38 bits per heavy atom. The Bertz CT molecular complexity index is 1210. The second-order valence-electron chi connectivity index (χ2n) is 8.28. The number of carbonyl (C=O) groups is 1. The molecule has 3 atom stereocenters. The minimum atomic E-state index is -4.89. The molecule has 3 aromatic rings. The van der Waals surface area contributed by atoms with Crippen LogP contribution in [0.3, 0.4) is 0 Å². The van der Waals surface area contributed by atoms with Crippen molar-refractivity contribution in [2.45, 2.75) is 50.0 Å². The van der Waals surface area contributed by atoms with Gasteiger partial charge in [-0.25, -0.2) is 14.2 Å². The summed E-state index contributed by atoms with van der Waals surface area (Å²) in [6.45, 7) is 1.74. The van der Waals surface area contributed by atoms with Crippen LogP contribution in [0, 0.1) is 0 Å². The minimum Gasteiger partial charge on any atom is -0.441 e. The fraction of sp³-hybridized carbons (Fsp3) is 0.474. The van der Waals surface area contributed by atoms with Crippen LogP contribution in [0.2, 0.25) is 0 Å². The van der Waals surface area contributed by atoms with Gasteiger partial charge >= 0.3 is 12.5 Å². The monoisotopic (exact) mass is 485 g/mol. The molecule has 1 saturated carbocycles. The van der Waals surface area contributed by atoms with Gasteiger partial charge < -0.3 is 24.8 Å². The van der Waals surface area contributed by atoms with Crippen molar-refractivity contribution in [3.05, 3.63) is 30.2 Å². The molecule has 11 nitrogen and oxygen atoms in total. The van der Waals surface area contributed by atoms with Crippen molar-refractivity contribution in [2.24, 2.45) is 0 Å². The van der Waals surface area contributed by atoms with Crippen molar-refractivity contribution in [1.82, 2.24) is 29.9 Å². The predicted octanol–water partition coefficient (Wildman–Crippen LogP) is 3.15. The zero-order chi connectivity index (χ0) is 24.1. The standard InChI is InChI=1S/C19H19F4N7O4/c1-18(3-4-18)27-17(31)33-10-8-32-15(14(10)20)9-6-11(29-28-9)25-16-24-5-2-12-26-13(7-30(12)16)34-19(21,22)23/h2,5-7,10,14-15H,3-4,8H2,1H3,(H,27,31)(H2,24,25,28,29)/t10-,14+,15-/m0/s1. The molecule has 1 aliphatic heterocycles. The van der Waals surface area contributed by atoms with Gasteiger partial charge in [0.15, 0.2) is 18.1 Å². The number of hydrogen-bond acceptors (Lipinski definition) is 8. The normalized spacial score (nSPS) is 23.6. The topological polar surface area (TPSA) is 128 Å². The number of aromatic amines is 1. The number of alkyl halides is 4. The summed E-state index contributed by atoms with van der Waals surface area (Å²) in [4.78, 5) is 19.8. The molecular weight excluding hydrogens is 466 g/mol. The predicted molar refractivity (Wildman–Crippen MR) is 106 cm³/mol. The number of aromatic nitrogens is 5. The molecule has 0 unspecified atom stereocenters. The van der Waals surface area contributed by atoms with Crippen LogP contribution in [0.1, 0.15) is 31.6 Å². The molecule has 4 heterocycles. The first-order valence-corrected chi connectivity index (χ1v) is 10.3. The minimum absolute atomic E-state index is 0.0932. The number of rotatable bonds is 6. The number of carbonyl (C=O) groups excluding carboxylic acids is 1. The van der Waals surface area contributed by atoms with E-state index in [0.29, 0.717) is 0 Å². The van der Waals surface area contributed by atoms with Gasteiger partial charge in [-0.15, -0.1) is 13.2 Å². The molecule has 5 rings (SSSR count). The van der Waals surface area contributed by atoms with Gasteiger partial charge in [-0.05, 0) is 25.8 Å². The van der Waals surface area contributed by atoms with Gasteiger partial charge in [-0.1, -0.05) is 0 Å².